The fraction of sp³-hybridized carbons (Fsp3) is 0.391. The minimum absolute atomic E-state index is 0.0114. The molecular weight excluding hydrogens is 420 g/mol. The Morgan fingerprint density at radius 1 is 1.13 bits per heavy atom. The van der Waals surface area contributed by atoms with Crippen LogP contribution in [0.25, 0.3) is 0 Å². The molecule has 0 aromatic heterocycles. The number of rotatable bonds is 11. The van der Waals surface area contributed by atoms with E-state index in [4.69, 9.17) is 26.7 Å². The number of aliphatic hydroxyl groups is 1. The summed E-state index contributed by atoms with van der Waals surface area (Å²) in [5.41, 5.74) is 4.10. The first-order chi connectivity index (χ1) is 14.9. The van der Waals surface area contributed by atoms with Crippen molar-refractivity contribution in [3.05, 3.63) is 70.2 Å². The number of ether oxygens (including phenoxy) is 1. The van der Waals surface area contributed by atoms with Crippen molar-refractivity contribution in [2.75, 3.05) is 26.8 Å². The zero-order valence-corrected chi connectivity index (χ0v) is 18.5. The van der Waals surface area contributed by atoms with Crippen molar-refractivity contribution < 1.29 is 24.6 Å². The van der Waals surface area contributed by atoms with Gasteiger partial charge in [-0.15, -0.1) is 0 Å². The minimum Gasteiger partial charge on any atom is -0.395 e. The van der Waals surface area contributed by atoms with Crippen molar-refractivity contribution in [1.82, 2.24) is 10.4 Å². The highest BCUT2D eigenvalue weighted by Crippen LogP contribution is 2.29. The molecule has 0 aliphatic heterocycles. The highest BCUT2D eigenvalue weighted by atomic mass is 35.5. The number of halogens is 1. The molecule has 2 aromatic carbocycles. The molecule has 31 heavy (non-hydrogen) atoms. The van der Waals surface area contributed by atoms with Crippen molar-refractivity contribution in [3.8, 4) is 0 Å². The highest BCUT2D eigenvalue weighted by molar-refractivity contribution is 6.30. The third-order valence-electron chi connectivity index (χ3n) is 5.08. The number of carbonyl (C=O) groups excluding carboxylic acids is 2. The predicted octanol–water partition coefficient (Wildman–Crippen LogP) is 3.03. The number of hydrogen-bond acceptors (Lipinski definition) is 5. The maximum atomic E-state index is 12.5. The average molecular weight is 449 g/mol. The van der Waals surface area contributed by atoms with Crippen LogP contribution in [-0.2, 0) is 16.0 Å². The Hall–Kier alpha value is -2.45. The van der Waals surface area contributed by atoms with Gasteiger partial charge in [0.25, 0.3) is 5.91 Å². The molecule has 3 N–H and O–H groups in total. The lowest BCUT2D eigenvalue weighted by Crippen LogP contribution is -2.32. The summed E-state index contributed by atoms with van der Waals surface area (Å²) in [6.45, 7) is 2.40. The van der Waals surface area contributed by atoms with Gasteiger partial charge < -0.3 is 14.7 Å². The molecule has 0 radical (unpaired) electrons. The van der Waals surface area contributed by atoms with Gasteiger partial charge in [0.2, 0.25) is 5.91 Å². The Bertz CT molecular complexity index is 842. The van der Waals surface area contributed by atoms with Crippen LogP contribution in [0.1, 0.15) is 40.7 Å². The van der Waals surface area contributed by atoms with Gasteiger partial charge in [0.15, 0.2) is 0 Å². The molecule has 2 atom stereocenters. The molecule has 0 fully saturated rings. The molecule has 0 heterocycles. The summed E-state index contributed by atoms with van der Waals surface area (Å²) in [5, 5.41) is 18.7. The predicted molar refractivity (Wildman–Crippen MR) is 118 cm³/mol. The van der Waals surface area contributed by atoms with Crippen LogP contribution in [0, 0.1) is 0 Å². The summed E-state index contributed by atoms with van der Waals surface area (Å²) in [5.74, 6) is -0.911. The smallest absolute Gasteiger partial charge is 0.253 e. The van der Waals surface area contributed by atoms with Crippen LogP contribution in [-0.4, -0.2) is 59.9 Å². The Morgan fingerprint density at radius 3 is 2.32 bits per heavy atom. The number of likely N-dealkylation sites (N-methyl/N-ethyl adjacent to an activating group) is 1. The maximum absolute atomic E-state index is 12.5. The van der Waals surface area contributed by atoms with E-state index in [-0.39, 0.29) is 31.4 Å². The molecule has 0 spiro atoms. The molecule has 0 unspecified atom stereocenters. The van der Waals surface area contributed by atoms with Crippen molar-refractivity contribution in [2.24, 2.45) is 0 Å². The monoisotopic (exact) mass is 448 g/mol. The molecule has 0 saturated carbocycles. The van der Waals surface area contributed by atoms with Gasteiger partial charge in [-0.2, -0.15) is 0 Å². The van der Waals surface area contributed by atoms with E-state index in [1.54, 1.807) is 24.7 Å². The zero-order chi connectivity index (χ0) is 22.8. The summed E-state index contributed by atoms with van der Waals surface area (Å²) >= 11 is 6.00. The van der Waals surface area contributed by atoms with E-state index in [0.29, 0.717) is 23.6 Å². The van der Waals surface area contributed by atoms with E-state index < -0.39 is 12.0 Å². The highest BCUT2D eigenvalue weighted by Gasteiger charge is 2.27. The van der Waals surface area contributed by atoms with E-state index in [1.807, 2.05) is 43.3 Å². The van der Waals surface area contributed by atoms with Crippen molar-refractivity contribution >= 4 is 23.4 Å². The number of nitrogens with one attached hydrogen (secondary N) is 1. The Labute approximate surface area is 187 Å². The molecule has 0 aliphatic carbocycles. The number of hydroxylamine groups is 1. The third-order valence-corrected chi connectivity index (χ3v) is 5.33. The fourth-order valence-corrected chi connectivity index (χ4v) is 3.57. The first-order valence-corrected chi connectivity index (χ1v) is 10.5. The van der Waals surface area contributed by atoms with Crippen LogP contribution in [0.5, 0.6) is 0 Å². The van der Waals surface area contributed by atoms with Gasteiger partial charge >= 0.3 is 0 Å². The largest absolute Gasteiger partial charge is 0.395 e. The molecule has 0 saturated heterocycles. The van der Waals surface area contributed by atoms with Gasteiger partial charge in [0.1, 0.15) is 0 Å². The molecule has 2 rings (SSSR count). The van der Waals surface area contributed by atoms with E-state index >= 15 is 0 Å². The fourth-order valence-electron chi connectivity index (χ4n) is 3.44. The van der Waals surface area contributed by atoms with Gasteiger partial charge in [-0.3, -0.25) is 14.8 Å². The van der Waals surface area contributed by atoms with Gasteiger partial charge in [-0.25, -0.2) is 5.48 Å². The van der Waals surface area contributed by atoms with Gasteiger partial charge in [0, 0.05) is 36.7 Å². The first-order valence-electron chi connectivity index (χ1n) is 10.1. The maximum Gasteiger partial charge on any atom is 0.253 e. The summed E-state index contributed by atoms with van der Waals surface area (Å²) < 4.78 is 5.87. The lowest BCUT2D eigenvalue weighted by Gasteiger charge is -2.27. The average Bonchev–Trinajstić information content (AvgIpc) is 2.78. The summed E-state index contributed by atoms with van der Waals surface area (Å²) in [6.07, 6.45) is 0.0901. The summed E-state index contributed by atoms with van der Waals surface area (Å²) in [4.78, 5) is 25.8. The quantitative estimate of drug-likeness (QED) is 0.362. The number of amides is 2. The van der Waals surface area contributed by atoms with Crippen LogP contribution in [0.2, 0.25) is 5.02 Å². The van der Waals surface area contributed by atoms with Crippen LogP contribution >= 0.6 is 11.6 Å². The lowest BCUT2D eigenvalue weighted by molar-refractivity contribution is -0.132. The van der Waals surface area contributed by atoms with E-state index in [2.05, 4.69) is 0 Å². The molecular formula is C23H29ClN2O5. The van der Waals surface area contributed by atoms with E-state index in [1.165, 1.54) is 4.90 Å². The third kappa shape index (κ3) is 7.33. The lowest BCUT2D eigenvalue weighted by atomic mass is 9.85. The number of benzene rings is 2. The normalized spacial score (nSPS) is 12.8. The SMILES string of the molecule is CCO[C@H](CC(=O)NO)[C@H](Cc1ccc(Cl)cc1)c1ccc(C(=O)N(C)CCO)cc1. The van der Waals surface area contributed by atoms with Crippen molar-refractivity contribution in [1.29, 1.82) is 0 Å². The zero-order valence-electron chi connectivity index (χ0n) is 17.8. The van der Waals surface area contributed by atoms with E-state index in [9.17, 15) is 9.59 Å². The van der Waals surface area contributed by atoms with Gasteiger partial charge in [-0.05, 0) is 48.7 Å². The topological polar surface area (TPSA) is 99.1 Å². The summed E-state index contributed by atoms with van der Waals surface area (Å²) in [7, 11) is 1.63. The van der Waals surface area contributed by atoms with Gasteiger partial charge in [0.05, 0.1) is 19.1 Å². The van der Waals surface area contributed by atoms with Crippen molar-refractivity contribution in [2.45, 2.75) is 31.8 Å². The first kappa shape index (κ1) is 24.8. The Kier molecular flexibility index (Phi) is 9.94. The number of hydrogen-bond donors (Lipinski definition) is 3. The molecule has 0 aliphatic rings. The van der Waals surface area contributed by atoms with Crippen LogP contribution < -0.4 is 5.48 Å². The Morgan fingerprint density at radius 2 is 1.77 bits per heavy atom. The number of aliphatic hydroxyl groups excluding tert-OH is 1. The second-order valence-corrected chi connectivity index (χ2v) is 7.68. The van der Waals surface area contributed by atoms with Crippen LogP contribution in [0.3, 0.4) is 0 Å². The number of carbonyl (C=O) groups is 2. The molecule has 0 bridgehead atoms. The minimum atomic E-state index is -0.531. The Balaban J connectivity index is 2.34. The van der Waals surface area contributed by atoms with Gasteiger partial charge in [-0.1, -0.05) is 35.9 Å². The molecule has 168 valence electrons. The summed E-state index contributed by atoms with van der Waals surface area (Å²) in [6, 6.07) is 14.6. The second kappa shape index (κ2) is 12.4. The standard InChI is InChI=1S/C23H29ClN2O5/c1-3-31-21(15-22(28)25-30)20(14-16-4-10-19(24)11-5-16)17-6-8-18(9-7-17)23(29)26(2)12-13-27/h4-11,20-21,27,30H,3,12-15H2,1-2H3,(H,25,28)/t20-,21-/m1/s1. The van der Waals surface area contributed by atoms with E-state index in [0.717, 1.165) is 11.1 Å². The second-order valence-electron chi connectivity index (χ2n) is 7.24. The van der Waals surface area contributed by atoms with Crippen LogP contribution in [0.15, 0.2) is 48.5 Å². The molecule has 8 heteroatoms. The molecule has 7 nitrogen and oxygen atoms in total. The molecule has 2 amide bonds. The number of nitrogens with zero attached hydrogens (tertiary/aromatic N) is 1. The van der Waals surface area contributed by atoms with Crippen LogP contribution in [0.4, 0.5) is 0 Å². The van der Waals surface area contributed by atoms with Crippen molar-refractivity contribution in [3.63, 3.8) is 0 Å². The molecule has 2 aromatic rings.